The van der Waals surface area contributed by atoms with E-state index in [2.05, 4.69) is 10.4 Å². The second-order valence-electron chi connectivity index (χ2n) is 4.64. The summed E-state index contributed by atoms with van der Waals surface area (Å²) in [6, 6.07) is -2.64. The van der Waals surface area contributed by atoms with E-state index in [1.54, 1.807) is 6.92 Å². The third kappa shape index (κ3) is 10.3. The molecular formula is C11H21N7O5. The number of hydrazine groups is 1. The van der Waals surface area contributed by atoms with Crippen LogP contribution < -0.4 is 33.4 Å². The SMILES string of the molecule is CC(CCC(=O)NNC(=O)N[C@H](CC(=O)O)C(N)=O)N=C(N)N. The predicted molar refractivity (Wildman–Crippen MR) is 79.6 cm³/mol. The Kier molecular flexibility index (Phi) is 8.51. The number of urea groups is 1. The van der Waals surface area contributed by atoms with Crippen LogP contribution in [-0.4, -0.2) is 47.0 Å². The van der Waals surface area contributed by atoms with Gasteiger partial charge < -0.3 is 27.6 Å². The van der Waals surface area contributed by atoms with Gasteiger partial charge in [-0.3, -0.25) is 24.8 Å². The number of guanidine groups is 1. The summed E-state index contributed by atoms with van der Waals surface area (Å²) in [5.74, 6) is -2.94. The van der Waals surface area contributed by atoms with Gasteiger partial charge in [0.15, 0.2) is 5.96 Å². The highest BCUT2D eigenvalue weighted by atomic mass is 16.4. The van der Waals surface area contributed by atoms with Crippen LogP contribution >= 0.6 is 0 Å². The molecule has 0 bridgehead atoms. The van der Waals surface area contributed by atoms with Crippen molar-refractivity contribution >= 4 is 29.8 Å². The summed E-state index contributed by atoms with van der Waals surface area (Å²) in [5, 5.41) is 10.6. The molecule has 12 heteroatoms. The van der Waals surface area contributed by atoms with Gasteiger partial charge in [-0.2, -0.15) is 0 Å². The molecule has 130 valence electrons. The first-order chi connectivity index (χ1) is 10.6. The molecule has 0 aromatic heterocycles. The number of carbonyl (C=O) groups is 4. The van der Waals surface area contributed by atoms with Crippen LogP contribution in [0.1, 0.15) is 26.2 Å². The Morgan fingerprint density at radius 3 is 2.22 bits per heavy atom. The van der Waals surface area contributed by atoms with Crippen molar-refractivity contribution in [3.63, 3.8) is 0 Å². The Balaban J connectivity index is 4.17. The zero-order valence-corrected chi connectivity index (χ0v) is 12.5. The molecule has 0 radical (unpaired) electrons. The monoisotopic (exact) mass is 331 g/mol. The minimum absolute atomic E-state index is 0.0343. The largest absolute Gasteiger partial charge is 0.481 e. The lowest BCUT2D eigenvalue weighted by molar-refractivity contribution is -0.139. The number of primary amides is 1. The average molecular weight is 331 g/mol. The van der Waals surface area contributed by atoms with E-state index in [9.17, 15) is 19.2 Å². The number of hydrogen-bond donors (Lipinski definition) is 7. The van der Waals surface area contributed by atoms with E-state index in [0.29, 0.717) is 6.42 Å². The Bertz CT molecular complexity index is 489. The number of amides is 4. The number of aliphatic imine (C=N–C) groups is 1. The minimum Gasteiger partial charge on any atom is -0.481 e. The van der Waals surface area contributed by atoms with Crippen LogP contribution in [0.25, 0.3) is 0 Å². The Morgan fingerprint density at radius 2 is 1.74 bits per heavy atom. The molecule has 0 rings (SSSR count). The number of hydrogen-bond acceptors (Lipinski definition) is 5. The normalized spacial score (nSPS) is 12.4. The number of carboxylic acid groups (broad SMARTS) is 1. The molecule has 10 N–H and O–H groups in total. The molecule has 0 aromatic carbocycles. The molecule has 4 amide bonds. The first-order valence-electron chi connectivity index (χ1n) is 6.57. The summed E-state index contributed by atoms with van der Waals surface area (Å²) < 4.78 is 0. The Labute approximate surface area is 131 Å². The summed E-state index contributed by atoms with van der Waals surface area (Å²) in [5.41, 5.74) is 19.4. The van der Waals surface area contributed by atoms with Crippen molar-refractivity contribution in [3.8, 4) is 0 Å². The maximum absolute atomic E-state index is 11.5. The average Bonchev–Trinajstić information content (AvgIpc) is 2.40. The second kappa shape index (κ2) is 9.81. The van der Waals surface area contributed by atoms with Crippen LogP contribution in [0.3, 0.4) is 0 Å². The number of aliphatic carboxylic acids is 1. The number of rotatable bonds is 8. The minimum atomic E-state index is -1.40. The van der Waals surface area contributed by atoms with Crippen LogP contribution in [0.5, 0.6) is 0 Å². The van der Waals surface area contributed by atoms with Crippen molar-refractivity contribution in [2.45, 2.75) is 38.3 Å². The van der Waals surface area contributed by atoms with Gasteiger partial charge in [-0.15, -0.1) is 0 Å². The van der Waals surface area contributed by atoms with Crippen molar-refractivity contribution in [2.24, 2.45) is 22.2 Å². The summed E-state index contributed by atoms with van der Waals surface area (Å²) >= 11 is 0. The number of nitrogens with one attached hydrogen (secondary N) is 3. The van der Waals surface area contributed by atoms with Gasteiger partial charge in [0, 0.05) is 6.42 Å². The van der Waals surface area contributed by atoms with Gasteiger partial charge in [0.25, 0.3) is 0 Å². The smallest absolute Gasteiger partial charge is 0.334 e. The van der Waals surface area contributed by atoms with E-state index < -0.39 is 36.3 Å². The molecule has 2 atom stereocenters. The zero-order chi connectivity index (χ0) is 18.0. The summed E-state index contributed by atoms with van der Waals surface area (Å²) in [4.78, 5) is 48.2. The lowest BCUT2D eigenvalue weighted by Crippen LogP contribution is -2.53. The summed E-state index contributed by atoms with van der Waals surface area (Å²) in [6.45, 7) is 1.70. The van der Waals surface area contributed by atoms with E-state index in [0.717, 1.165) is 0 Å². The third-order valence-corrected chi connectivity index (χ3v) is 2.50. The van der Waals surface area contributed by atoms with Crippen molar-refractivity contribution in [1.82, 2.24) is 16.2 Å². The molecule has 23 heavy (non-hydrogen) atoms. The van der Waals surface area contributed by atoms with Gasteiger partial charge in [-0.25, -0.2) is 10.2 Å². The van der Waals surface area contributed by atoms with Gasteiger partial charge in [-0.05, 0) is 13.3 Å². The van der Waals surface area contributed by atoms with Crippen molar-refractivity contribution in [2.75, 3.05) is 0 Å². The number of carboxylic acids is 1. The number of nitrogens with zero attached hydrogens (tertiary/aromatic N) is 1. The predicted octanol–water partition coefficient (Wildman–Crippen LogP) is -2.91. The van der Waals surface area contributed by atoms with Gasteiger partial charge in [-0.1, -0.05) is 0 Å². The van der Waals surface area contributed by atoms with Crippen molar-refractivity contribution in [1.29, 1.82) is 0 Å². The van der Waals surface area contributed by atoms with Gasteiger partial charge in [0.05, 0.1) is 12.5 Å². The van der Waals surface area contributed by atoms with Gasteiger partial charge in [0.2, 0.25) is 11.8 Å². The third-order valence-electron chi connectivity index (χ3n) is 2.50. The summed E-state index contributed by atoms with van der Waals surface area (Å²) in [7, 11) is 0. The fraction of sp³-hybridized carbons (Fsp3) is 0.545. The quantitative estimate of drug-likeness (QED) is 0.139. The lowest BCUT2D eigenvalue weighted by Gasteiger charge is -2.14. The molecule has 1 unspecified atom stereocenters. The molecule has 0 saturated carbocycles. The molecule has 0 spiro atoms. The van der Waals surface area contributed by atoms with Gasteiger partial charge in [0.1, 0.15) is 6.04 Å². The molecule has 0 aromatic rings. The topological polar surface area (TPSA) is 215 Å². The molecule has 0 fully saturated rings. The second-order valence-corrected chi connectivity index (χ2v) is 4.64. The maximum atomic E-state index is 11.5. The van der Waals surface area contributed by atoms with E-state index in [1.165, 1.54) is 0 Å². The van der Waals surface area contributed by atoms with Crippen LogP contribution in [0, 0.1) is 0 Å². The fourth-order valence-corrected chi connectivity index (χ4v) is 1.44. The fourth-order valence-electron chi connectivity index (χ4n) is 1.44. The highest BCUT2D eigenvalue weighted by Crippen LogP contribution is 2.00. The van der Waals surface area contributed by atoms with Crippen LogP contribution in [0.2, 0.25) is 0 Å². The molecule has 0 aliphatic carbocycles. The van der Waals surface area contributed by atoms with Crippen molar-refractivity contribution < 1.29 is 24.3 Å². The highest BCUT2D eigenvalue weighted by molar-refractivity contribution is 5.89. The standard InChI is InChI=1S/C11H21N7O5/c1-5(15-10(13)14)2-3-7(19)17-18-11(23)16-6(9(12)22)4-8(20)21/h5-6H,2-4H2,1H3,(H2,12,22)(H,17,19)(H,20,21)(H4,13,14,15)(H2,16,18,23)/t5?,6-/m1/s1. The first-order valence-corrected chi connectivity index (χ1v) is 6.57. The van der Waals surface area contributed by atoms with Gasteiger partial charge >= 0.3 is 12.0 Å². The molecule has 0 aliphatic rings. The van der Waals surface area contributed by atoms with E-state index in [1.807, 2.05) is 10.7 Å². The summed E-state index contributed by atoms with van der Waals surface area (Å²) in [6.07, 6.45) is -0.296. The Hall–Kier alpha value is -3.05. The molecule has 0 saturated heterocycles. The first kappa shape index (κ1) is 19.9. The molecule has 0 aliphatic heterocycles. The number of nitrogens with two attached hydrogens (primary N) is 3. The Morgan fingerprint density at radius 1 is 1.13 bits per heavy atom. The molecular weight excluding hydrogens is 310 g/mol. The van der Waals surface area contributed by atoms with E-state index >= 15 is 0 Å². The highest BCUT2D eigenvalue weighted by Gasteiger charge is 2.21. The lowest BCUT2D eigenvalue weighted by atomic mass is 10.2. The van der Waals surface area contributed by atoms with Crippen LogP contribution in [0.15, 0.2) is 4.99 Å². The van der Waals surface area contributed by atoms with Crippen LogP contribution in [-0.2, 0) is 14.4 Å². The molecule has 12 nitrogen and oxygen atoms in total. The maximum Gasteiger partial charge on any atom is 0.334 e. The van der Waals surface area contributed by atoms with Crippen molar-refractivity contribution in [3.05, 3.63) is 0 Å². The van der Waals surface area contributed by atoms with E-state index in [-0.39, 0.29) is 18.4 Å². The van der Waals surface area contributed by atoms with Crippen LogP contribution in [0.4, 0.5) is 4.79 Å². The number of carbonyl (C=O) groups excluding carboxylic acids is 3. The zero-order valence-electron chi connectivity index (χ0n) is 12.5. The molecule has 0 heterocycles. The van der Waals surface area contributed by atoms with E-state index in [4.69, 9.17) is 22.3 Å².